The smallest absolute Gasteiger partial charge is 0.233 e. The standard InChI is InChI=1S/C22H25NO3S2/c24-22(16-27-15-17-7-3-1-4-8-17)23-18-11-12-19(23)14-21(13-18)28(25,26)20-9-5-2-6-10-20/h1-10,18-19,21H,11-16H2/t18-,19-/m1/s1. The second kappa shape index (κ2) is 8.29. The molecule has 2 heterocycles. The Hall–Kier alpha value is -1.79. The number of carbonyl (C=O) groups excluding carboxylic acids is 1. The highest BCUT2D eigenvalue weighted by Gasteiger charge is 2.46. The van der Waals surface area contributed by atoms with Gasteiger partial charge < -0.3 is 4.90 Å². The Labute approximate surface area is 171 Å². The first-order valence-corrected chi connectivity index (χ1v) is 12.5. The molecule has 4 rings (SSSR count). The van der Waals surface area contributed by atoms with Gasteiger partial charge in [-0.3, -0.25) is 4.79 Å². The van der Waals surface area contributed by atoms with Gasteiger partial charge in [-0.25, -0.2) is 8.42 Å². The van der Waals surface area contributed by atoms with Crippen LogP contribution in [-0.2, 0) is 20.4 Å². The molecule has 2 aliphatic heterocycles. The number of nitrogens with zero attached hydrogens (tertiary/aromatic N) is 1. The van der Waals surface area contributed by atoms with E-state index in [2.05, 4.69) is 12.1 Å². The zero-order valence-corrected chi connectivity index (χ0v) is 17.4. The third kappa shape index (κ3) is 3.98. The number of carbonyl (C=O) groups is 1. The summed E-state index contributed by atoms with van der Waals surface area (Å²) in [5.41, 5.74) is 1.22. The first-order chi connectivity index (χ1) is 13.6. The van der Waals surface area contributed by atoms with Crippen molar-refractivity contribution in [3.63, 3.8) is 0 Å². The maximum Gasteiger partial charge on any atom is 0.233 e. The van der Waals surface area contributed by atoms with Gasteiger partial charge in [-0.2, -0.15) is 0 Å². The average molecular weight is 416 g/mol. The molecule has 2 atom stereocenters. The van der Waals surface area contributed by atoms with Crippen molar-refractivity contribution < 1.29 is 13.2 Å². The van der Waals surface area contributed by atoms with Gasteiger partial charge >= 0.3 is 0 Å². The van der Waals surface area contributed by atoms with Gasteiger partial charge in [0.15, 0.2) is 9.84 Å². The molecule has 0 radical (unpaired) electrons. The Bertz CT molecular complexity index is 901. The minimum Gasteiger partial charge on any atom is -0.336 e. The predicted molar refractivity (Wildman–Crippen MR) is 113 cm³/mol. The van der Waals surface area contributed by atoms with Gasteiger partial charge in [0.1, 0.15) is 0 Å². The molecule has 2 aromatic carbocycles. The van der Waals surface area contributed by atoms with Crippen molar-refractivity contribution in [1.29, 1.82) is 0 Å². The molecule has 2 saturated heterocycles. The molecule has 2 aromatic rings. The highest BCUT2D eigenvalue weighted by atomic mass is 32.2. The fraction of sp³-hybridized carbons (Fsp3) is 0.409. The zero-order chi connectivity index (χ0) is 19.6. The number of piperidine rings is 1. The van der Waals surface area contributed by atoms with E-state index in [0.29, 0.717) is 23.5 Å². The van der Waals surface area contributed by atoms with Crippen molar-refractivity contribution >= 4 is 27.5 Å². The van der Waals surface area contributed by atoms with Crippen LogP contribution in [0, 0.1) is 0 Å². The quantitative estimate of drug-likeness (QED) is 0.718. The van der Waals surface area contributed by atoms with Crippen LogP contribution in [0.4, 0.5) is 0 Å². The van der Waals surface area contributed by atoms with Crippen molar-refractivity contribution in [2.75, 3.05) is 5.75 Å². The minimum atomic E-state index is -3.33. The number of benzene rings is 2. The van der Waals surface area contributed by atoms with Crippen molar-refractivity contribution in [2.45, 2.75) is 53.7 Å². The number of hydrogen-bond acceptors (Lipinski definition) is 4. The summed E-state index contributed by atoms with van der Waals surface area (Å²) in [5, 5.41) is -0.381. The fourth-order valence-electron chi connectivity index (χ4n) is 4.50. The molecule has 148 valence electrons. The SMILES string of the molecule is O=C(CSCc1ccccc1)N1[C@@H]2CC[C@@H]1CC(S(=O)(=O)c1ccccc1)C2. The van der Waals surface area contributed by atoms with E-state index in [1.165, 1.54) is 5.56 Å². The van der Waals surface area contributed by atoms with Crippen LogP contribution in [0.5, 0.6) is 0 Å². The summed E-state index contributed by atoms with van der Waals surface area (Å²) in [4.78, 5) is 15.2. The third-order valence-corrected chi connectivity index (χ3v) is 9.01. The molecule has 2 fully saturated rings. The van der Waals surface area contributed by atoms with Crippen molar-refractivity contribution in [3.8, 4) is 0 Å². The van der Waals surface area contributed by atoms with Crippen LogP contribution in [0.2, 0.25) is 0 Å². The molecule has 0 unspecified atom stereocenters. The molecule has 0 aromatic heterocycles. The molecule has 0 N–H and O–H groups in total. The maximum atomic E-state index is 13.0. The first-order valence-electron chi connectivity index (χ1n) is 9.77. The lowest BCUT2D eigenvalue weighted by molar-refractivity contribution is -0.132. The molecule has 2 bridgehead atoms. The number of thioether (sulfide) groups is 1. The fourth-order valence-corrected chi connectivity index (χ4v) is 7.22. The van der Waals surface area contributed by atoms with Crippen LogP contribution >= 0.6 is 11.8 Å². The van der Waals surface area contributed by atoms with E-state index in [1.54, 1.807) is 36.0 Å². The van der Waals surface area contributed by atoms with Crippen molar-refractivity contribution in [3.05, 3.63) is 66.2 Å². The minimum absolute atomic E-state index is 0.0621. The summed E-state index contributed by atoms with van der Waals surface area (Å²) in [7, 11) is -3.33. The Balaban J connectivity index is 1.38. The van der Waals surface area contributed by atoms with E-state index in [0.717, 1.165) is 18.6 Å². The summed E-state index contributed by atoms with van der Waals surface area (Å²) >= 11 is 1.63. The molecular weight excluding hydrogens is 390 g/mol. The number of amides is 1. The summed E-state index contributed by atoms with van der Waals surface area (Å²) in [6, 6.07) is 19.0. The van der Waals surface area contributed by atoms with Gasteiger partial charge in [0.2, 0.25) is 5.91 Å². The topological polar surface area (TPSA) is 54.5 Å². The zero-order valence-electron chi connectivity index (χ0n) is 15.7. The van der Waals surface area contributed by atoms with Crippen LogP contribution in [0.1, 0.15) is 31.2 Å². The van der Waals surface area contributed by atoms with Crippen LogP contribution < -0.4 is 0 Å². The van der Waals surface area contributed by atoms with Gasteiger partial charge in [0, 0.05) is 17.8 Å². The molecule has 4 nitrogen and oxygen atoms in total. The largest absolute Gasteiger partial charge is 0.336 e. The maximum absolute atomic E-state index is 13.0. The van der Waals surface area contributed by atoms with Crippen molar-refractivity contribution in [2.24, 2.45) is 0 Å². The van der Waals surface area contributed by atoms with E-state index >= 15 is 0 Å². The molecule has 0 saturated carbocycles. The Morgan fingerprint density at radius 1 is 0.929 bits per heavy atom. The first kappa shape index (κ1) is 19.5. The number of hydrogen-bond donors (Lipinski definition) is 0. The van der Waals surface area contributed by atoms with Crippen LogP contribution in [0.15, 0.2) is 65.6 Å². The highest BCUT2D eigenvalue weighted by Crippen LogP contribution is 2.40. The number of rotatable bonds is 6. The van der Waals surface area contributed by atoms with Gasteiger partial charge in [0.05, 0.1) is 15.9 Å². The molecule has 2 aliphatic rings. The summed E-state index contributed by atoms with van der Waals surface area (Å²) in [6.07, 6.45) is 2.95. The van der Waals surface area contributed by atoms with Crippen molar-refractivity contribution in [1.82, 2.24) is 4.90 Å². The molecule has 0 aliphatic carbocycles. The van der Waals surface area contributed by atoms with E-state index in [1.807, 2.05) is 29.2 Å². The second-order valence-corrected chi connectivity index (χ2v) is 10.8. The summed E-state index contributed by atoms with van der Waals surface area (Å²) in [5.74, 6) is 1.43. The molecular formula is C22H25NO3S2. The summed E-state index contributed by atoms with van der Waals surface area (Å²) in [6.45, 7) is 0. The van der Waals surface area contributed by atoms with Crippen LogP contribution in [0.25, 0.3) is 0 Å². The third-order valence-electron chi connectivity index (χ3n) is 5.83. The summed E-state index contributed by atoms with van der Waals surface area (Å²) < 4.78 is 26.0. The van der Waals surface area contributed by atoms with Crippen LogP contribution in [0.3, 0.4) is 0 Å². The Kier molecular flexibility index (Phi) is 5.78. The average Bonchev–Trinajstić information content (AvgIpc) is 2.98. The van der Waals surface area contributed by atoms with E-state index in [-0.39, 0.29) is 23.2 Å². The molecule has 0 spiro atoms. The van der Waals surface area contributed by atoms with E-state index in [4.69, 9.17) is 0 Å². The monoisotopic (exact) mass is 415 g/mol. The normalized spacial score (nSPS) is 24.3. The Morgan fingerprint density at radius 3 is 2.11 bits per heavy atom. The highest BCUT2D eigenvalue weighted by molar-refractivity contribution is 7.99. The number of fused-ring (bicyclic) bond motifs is 2. The molecule has 28 heavy (non-hydrogen) atoms. The lowest BCUT2D eigenvalue weighted by atomic mass is 10.0. The molecule has 6 heteroatoms. The van der Waals surface area contributed by atoms with Gasteiger partial charge in [0.25, 0.3) is 0 Å². The lowest BCUT2D eigenvalue weighted by Crippen LogP contribution is -2.50. The molecule has 1 amide bonds. The van der Waals surface area contributed by atoms with E-state index in [9.17, 15) is 13.2 Å². The van der Waals surface area contributed by atoms with Gasteiger partial charge in [-0.1, -0.05) is 48.5 Å². The van der Waals surface area contributed by atoms with Gasteiger partial charge in [-0.05, 0) is 43.4 Å². The van der Waals surface area contributed by atoms with Crippen LogP contribution in [-0.4, -0.2) is 42.3 Å². The number of sulfone groups is 1. The van der Waals surface area contributed by atoms with E-state index < -0.39 is 9.84 Å². The lowest BCUT2D eigenvalue weighted by Gasteiger charge is -2.38. The Morgan fingerprint density at radius 2 is 1.50 bits per heavy atom. The van der Waals surface area contributed by atoms with Gasteiger partial charge in [-0.15, -0.1) is 11.8 Å². The predicted octanol–water partition coefficient (Wildman–Crippen LogP) is 3.92. The second-order valence-electron chi connectivity index (χ2n) is 7.62.